The van der Waals surface area contributed by atoms with Gasteiger partial charge in [0.15, 0.2) is 69.5 Å². The van der Waals surface area contributed by atoms with Gasteiger partial charge in [-0.3, -0.25) is 0 Å². The van der Waals surface area contributed by atoms with E-state index in [1.165, 1.54) is 135 Å². The summed E-state index contributed by atoms with van der Waals surface area (Å²) in [6.45, 7) is 33.8. The summed E-state index contributed by atoms with van der Waals surface area (Å²) in [5.41, 5.74) is 4.10. The molecule has 4 nitrogen and oxygen atoms in total. The summed E-state index contributed by atoms with van der Waals surface area (Å²) < 4.78 is 191. The first-order chi connectivity index (χ1) is 68.3. The number of benzene rings is 6. The van der Waals surface area contributed by atoms with E-state index in [0.29, 0.717) is 101 Å². The molecule has 0 heterocycles. The topological polar surface area (TPSA) is 36.9 Å². The van der Waals surface area contributed by atoms with E-state index >= 15 is 0 Å². The Bertz CT molecular complexity index is 4820. The van der Waals surface area contributed by atoms with E-state index in [-0.39, 0.29) is 58.5 Å². The van der Waals surface area contributed by atoms with Gasteiger partial charge >= 0.3 is 0 Å². The van der Waals surface area contributed by atoms with Crippen molar-refractivity contribution in [3.63, 3.8) is 0 Å². The number of aryl methyl sites for hydroxylation is 2. The summed E-state index contributed by atoms with van der Waals surface area (Å²) in [7, 11) is 0. The Morgan fingerprint density at radius 1 is 0.255 bits per heavy atom. The van der Waals surface area contributed by atoms with E-state index in [9.17, 15) is 52.7 Å². The number of rotatable bonds is 30. The Balaban J connectivity index is 0.000000162. The molecule has 10 fully saturated rings. The Morgan fingerprint density at radius 3 is 0.702 bits per heavy atom. The molecule has 0 saturated heterocycles. The van der Waals surface area contributed by atoms with E-state index in [2.05, 4.69) is 63.3 Å². The molecule has 778 valence electrons. The van der Waals surface area contributed by atoms with E-state index in [0.717, 1.165) is 214 Å². The third kappa shape index (κ3) is 31.8. The van der Waals surface area contributed by atoms with Crippen LogP contribution in [0, 0.1) is 167 Å². The highest BCUT2D eigenvalue weighted by Gasteiger charge is 2.39. The molecule has 0 aliphatic heterocycles. The average molecular weight is 1960 g/mol. The van der Waals surface area contributed by atoms with Gasteiger partial charge in [-0.05, 0) is 491 Å². The fourth-order valence-electron chi connectivity index (χ4n) is 25.8. The Hall–Kier alpha value is -7.88. The number of allylic oxidation sites excluding steroid dienone is 7. The predicted molar refractivity (Wildman–Crippen MR) is 556 cm³/mol. The second-order valence-electron chi connectivity index (χ2n) is 43.4. The van der Waals surface area contributed by atoms with Crippen LogP contribution in [0.15, 0.2) is 148 Å². The molecule has 10 saturated carbocycles. The van der Waals surface area contributed by atoms with Crippen LogP contribution in [0.25, 0.3) is 0 Å². The molecular formula is C125H170F12O4. The summed E-state index contributed by atoms with van der Waals surface area (Å²) in [6.07, 6.45) is 66.6. The highest BCUT2D eigenvalue weighted by Crippen LogP contribution is 2.52. The molecule has 10 aliphatic carbocycles. The molecule has 0 N–H and O–H groups in total. The lowest BCUT2D eigenvalue weighted by molar-refractivity contribution is 0.156. The zero-order valence-electron chi connectivity index (χ0n) is 86.6. The second-order valence-corrected chi connectivity index (χ2v) is 43.4. The quantitative estimate of drug-likeness (QED) is 0.0256. The summed E-state index contributed by atoms with van der Waals surface area (Å²) in [4.78, 5) is 0. The lowest BCUT2D eigenvalue weighted by Crippen LogP contribution is -2.25. The fraction of sp³-hybridized carbons (Fsp3) is 0.616. The Morgan fingerprint density at radius 2 is 0.468 bits per heavy atom. The molecule has 10 aliphatic rings. The Labute approximate surface area is 840 Å². The van der Waals surface area contributed by atoms with Gasteiger partial charge in [-0.2, -0.15) is 17.6 Å². The van der Waals surface area contributed by atoms with Crippen molar-refractivity contribution in [1.82, 2.24) is 0 Å². The van der Waals surface area contributed by atoms with Crippen LogP contribution in [-0.4, -0.2) is 26.4 Å². The molecule has 0 atom stereocenters. The molecule has 0 spiro atoms. The molecule has 0 unspecified atom stereocenters. The van der Waals surface area contributed by atoms with Gasteiger partial charge in [0.2, 0.25) is 23.3 Å². The molecule has 0 radical (unpaired) electrons. The standard InChI is InChI=1S/C24H34F2O.C23H32F2.C22H30F2O.C21H28F2.C18H24F2O.C17H22F2O/c1-3-5-16-27-22-15-14-21(23(25)24(22)26)20-12-10-19(11-13-20)18-8-6-17(4-2)7-9-18;1-3-4-5-17-7-9-18(10-8-17)19-11-13-20(14-12-19)21-15-6-16(2)22(24)23(21)25;1-3-15-5-7-16(8-6-15)17-9-11-18(12-10-17)19-13-14-20(25-4-2)22(24)21(19)23;1-3-15-5-7-16(8-6-15)17-9-11-18(12-10-17)19-13-4-14(2)20(22)21(19)23;1-3-5-12-21-16-11-10-15(17(19)18(16)20)14-8-6-13(4-2)7-9-14;1-3-5-12-6-8-13(9-7-12)14-10-11-15(20-4-2)17(19)16(14)18/h4,14-15,17-20H,2-3,5-13,16H2,1H3;3,6,15,17-20H,1,4-5,7-14H2,2H3;3,13-18H,1,4-12H2,2H3;3-4,13,15-18H,1,5-12H2,2H3;4,10-11,13-14H,2-3,5-9,12H2,1H3;3,5,10-13H,4,6-9H2,1-2H3. The van der Waals surface area contributed by atoms with Crippen LogP contribution >= 0.6 is 0 Å². The number of unbranched alkanes of at least 4 members (excludes halogenated alkanes) is 2. The van der Waals surface area contributed by atoms with Gasteiger partial charge in [0.05, 0.1) is 26.4 Å². The third-order valence-corrected chi connectivity index (χ3v) is 34.9. The van der Waals surface area contributed by atoms with Crippen LogP contribution in [0.5, 0.6) is 23.0 Å². The maximum Gasteiger partial charge on any atom is 0.200 e. The van der Waals surface area contributed by atoms with Crippen molar-refractivity contribution in [1.29, 1.82) is 0 Å². The van der Waals surface area contributed by atoms with Crippen LogP contribution in [0.1, 0.15) is 410 Å². The van der Waals surface area contributed by atoms with Crippen LogP contribution in [-0.2, 0) is 0 Å². The first kappa shape index (κ1) is 113. The summed E-state index contributed by atoms with van der Waals surface area (Å²) in [5, 5.41) is 0. The fourth-order valence-corrected chi connectivity index (χ4v) is 25.8. The molecule has 6 aromatic carbocycles. The molecule has 0 bridgehead atoms. The van der Waals surface area contributed by atoms with Crippen molar-refractivity contribution in [2.24, 2.45) is 82.9 Å². The van der Waals surface area contributed by atoms with Gasteiger partial charge < -0.3 is 18.9 Å². The van der Waals surface area contributed by atoms with Gasteiger partial charge in [-0.15, -0.1) is 32.9 Å². The lowest BCUT2D eigenvalue weighted by Gasteiger charge is -2.38. The van der Waals surface area contributed by atoms with Crippen LogP contribution < -0.4 is 18.9 Å². The van der Waals surface area contributed by atoms with E-state index in [1.807, 2.05) is 39.0 Å². The third-order valence-electron chi connectivity index (χ3n) is 34.9. The highest BCUT2D eigenvalue weighted by atomic mass is 19.2. The van der Waals surface area contributed by atoms with Crippen molar-refractivity contribution in [3.05, 3.63) is 263 Å². The van der Waals surface area contributed by atoms with E-state index in [4.69, 9.17) is 18.9 Å². The summed E-state index contributed by atoms with van der Waals surface area (Å²) in [6, 6.07) is 20.2. The van der Waals surface area contributed by atoms with Crippen molar-refractivity contribution >= 4 is 0 Å². The summed E-state index contributed by atoms with van der Waals surface area (Å²) in [5.74, 6) is 2.90. The molecule has 16 rings (SSSR count). The lowest BCUT2D eigenvalue weighted by atomic mass is 9.68. The van der Waals surface area contributed by atoms with Crippen LogP contribution in [0.4, 0.5) is 52.7 Å². The van der Waals surface area contributed by atoms with Gasteiger partial charge in [0.1, 0.15) is 0 Å². The highest BCUT2D eigenvalue weighted by molar-refractivity contribution is 5.38. The largest absolute Gasteiger partial charge is 0.491 e. The predicted octanol–water partition coefficient (Wildman–Crippen LogP) is 38.7. The van der Waals surface area contributed by atoms with Gasteiger partial charge in [-0.25, -0.2) is 35.1 Å². The first-order valence-electron chi connectivity index (χ1n) is 55.4. The van der Waals surface area contributed by atoms with E-state index in [1.54, 1.807) is 94.4 Å². The molecule has 0 aromatic heterocycles. The average Bonchev–Trinajstić information content (AvgIpc) is 0.592. The van der Waals surface area contributed by atoms with Gasteiger partial charge in [0, 0.05) is 0 Å². The van der Waals surface area contributed by atoms with Crippen LogP contribution in [0.2, 0.25) is 0 Å². The van der Waals surface area contributed by atoms with Crippen molar-refractivity contribution in [2.45, 2.75) is 379 Å². The number of halogens is 12. The minimum absolute atomic E-state index is 0.0105. The van der Waals surface area contributed by atoms with Gasteiger partial charge in [-0.1, -0.05) is 131 Å². The number of hydrogen-bond acceptors (Lipinski definition) is 4. The first-order valence-corrected chi connectivity index (χ1v) is 55.4. The van der Waals surface area contributed by atoms with Crippen molar-refractivity contribution in [3.8, 4) is 23.0 Å². The molecule has 141 heavy (non-hydrogen) atoms. The van der Waals surface area contributed by atoms with Gasteiger partial charge in [0.25, 0.3) is 0 Å². The minimum Gasteiger partial charge on any atom is -0.491 e. The van der Waals surface area contributed by atoms with E-state index < -0.39 is 69.8 Å². The zero-order valence-corrected chi connectivity index (χ0v) is 86.6. The number of hydrogen-bond donors (Lipinski definition) is 0. The smallest absolute Gasteiger partial charge is 0.200 e. The van der Waals surface area contributed by atoms with Crippen molar-refractivity contribution < 1.29 is 71.6 Å². The second kappa shape index (κ2) is 58.5. The SMILES string of the molecule is C=CC1CCC(C2CCC(c3ccc(C)c(F)c3F)CC2)CC1.C=CC1CCC(C2CCC(c3ccc(OCC)c(F)c3F)CC2)CC1.C=CC1CCC(C2CCC(c3ccc(OCCCC)c(F)c3F)CC2)CC1.C=CC1CCC(c2ccc(OCCCC)c(F)c2F)CC1.C=CCCC1CCC(C2CCC(c3ccc(C)c(F)c3F)CC2)CC1.CC=CC1CCC(c2ccc(OCC)c(F)c2F)CC1. The normalized spacial score (nSPS) is 27.9. The maximum atomic E-state index is 14.6. The zero-order chi connectivity index (χ0) is 101. The molecule has 6 aromatic rings. The molecular weight excluding hydrogens is 1790 g/mol. The van der Waals surface area contributed by atoms with Crippen LogP contribution in [0.3, 0.4) is 0 Å². The van der Waals surface area contributed by atoms with Crippen molar-refractivity contribution in [2.75, 3.05) is 26.4 Å². The number of ether oxygens (including phenoxy) is 4. The maximum absolute atomic E-state index is 14.6. The minimum atomic E-state index is -0.847. The molecule has 16 heteroatoms. The Kier molecular flexibility index (Phi) is 47.0. The monoisotopic (exact) mass is 1960 g/mol. The molecule has 0 amide bonds. The summed E-state index contributed by atoms with van der Waals surface area (Å²) >= 11 is 0.